The second-order valence-electron chi connectivity index (χ2n) is 7.75. The van der Waals surface area contributed by atoms with Crippen LogP contribution in [0, 0.1) is 0 Å². The number of likely N-dealkylation sites (tertiary alicyclic amines) is 1. The number of nitrogens with zero attached hydrogens (tertiary/aromatic N) is 2. The first-order valence-electron chi connectivity index (χ1n) is 10.4. The molecule has 0 N–H and O–H groups in total. The summed E-state index contributed by atoms with van der Waals surface area (Å²) in [6.45, 7) is 4.62. The molecule has 1 atom stereocenters. The van der Waals surface area contributed by atoms with Crippen LogP contribution >= 0.6 is 0 Å². The molecule has 0 aliphatic carbocycles. The third-order valence-electron chi connectivity index (χ3n) is 5.86. The molecule has 4 nitrogen and oxygen atoms in total. The maximum absolute atomic E-state index is 5.43. The van der Waals surface area contributed by atoms with Gasteiger partial charge in [0, 0.05) is 25.7 Å². The SMILES string of the molecule is COc1ccc(CCN(C)[C@@H]2CCCN(CCc3ccccc3)C2)cc1OC. The molecule has 4 heteroatoms. The van der Waals surface area contributed by atoms with E-state index in [1.165, 1.54) is 37.1 Å². The van der Waals surface area contributed by atoms with Crippen LogP contribution in [0.15, 0.2) is 48.5 Å². The topological polar surface area (TPSA) is 24.9 Å². The van der Waals surface area contributed by atoms with Gasteiger partial charge in [0.05, 0.1) is 14.2 Å². The van der Waals surface area contributed by atoms with Crippen LogP contribution in [0.5, 0.6) is 11.5 Å². The maximum Gasteiger partial charge on any atom is 0.160 e. The second kappa shape index (κ2) is 10.5. The summed E-state index contributed by atoms with van der Waals surface area (Å²) in [5, 5.41) is 0. The fourth-order valence-electron chi connectivity index (χ4n) is 4.05. The van der Waals surface area contributed by atoms with Gasteiger partial charge in [0.1, 0.15) is 0 Å². The monoisotopic (exact) mass is 382 g/mol. The summed E-state index contributed by atoms with van der Waals surface area (Å²) in [6.07, 6.45) is 4.75. The molecule has 1 aliphatic rings. The Morgan fingerprint density at radius 2 is 1.75 bits per heavy atom. The van der Waals surface area contributed by atoms with Crippen molar-refractivity contribution in [3.63, 3.8) is 0 Å². The molecular weight excluding hydrogens is 348 g/mol. The van der Waals surface area contributed by atoms with Gasteiger partial charge in [-0.2, -0.15) is 0 Å². The van der Waals surface area contributed by atoms with E-state index < -0.39 is 0 Å². The lowest BCUT2D eigenvalue weighted by Gasteiger charge is -2.37. The van der Waals surface area contributed by atoms with Crippen molar-refractivity contribution in [3.8, 4) is 11.5 Å². The fourth-order valence-corrected chi connectivity index (χ4v) is 4.05. The first kappa shape index (κ1) is 20.7. The van der Waals surface area contributed by atoms with Crippen LogP contribution in [0.25, 0.3) is 0 Å². The molecule has 0 amide bonds. The first-order valence-corrected chi connectivity index (χ1v) is 10.4. The van der Waals surface area contributed by atoms with Crippen LogP contribution in [0.1, 0.15) is 24.0 Å². The summed E-state index contributed by atoms with van der Waals surface area (Å²) < 4.78 is 10.8. The molecule has 0 unspecified atom stereocenters. The van der Waals surface area contributed by atoms with Crippen molar-refractivity contribution in [2.24, 2.45) is 0 Å². The second-order valence-corrected chi connectivity index (χ2v) is 7.75. The van der Waals surface area contributed by atoms with E-state index in [-0.39, 0.29) is 0 Å². The summed E-state index contributed by atoms with van der Waals surface area (Å²) in [5.41, 5.74) is 2.73. The molecule has 0 radical (unpaired) electrons. The Balaban J connectivity index is 1.48. The minimum Gasteiger partial charge on any atom is -0.493 e. The molecule has 1 heterocycles. The lowest BCUT2D eigenvalue weighted by atomic mass is 10.0. The molecule has 0 bridgehead atoms. The largest absolute Gasteiger partial charge is 0.493 e. The Hall–Kier alpha value is -2.04. The third-order valence-corrected chi connectivity index (χ3v) is 5.86. The Bertz CT molecular complexity index is 720. The lowest BCUT2D eigenvalue weighted by molar-refractivity contribution is 0.118. The molecule has 0 spiro atoms. The zero-order chi connectivity index (χ0) is 19.8. The zero-order valence-electron chi connectivity index (χ0n) is 17.6. The van der Waals surface area contributed by atoms with Crippen molar-refractivity contribution < 1.29 is 9.47 Å². The molecule has 3 rings (SSSR count). The van der Waals surface area contributed by atoms with Crippen molar-refractivity contribution in [1.29, 1.82) is 0 Å². The predicted octanol–water partition coefficient (Wildman–Crippen LogP) is 3.89. The number of rotatable bonds is 9. The Morgan fingerprint density at radius 1 is 0.964 bits per heavy atom. The minimum absolute atomic E-state index is 0.643. The molecule has 0 aromatic heterocycles. The predicted molar refractivity (Wildman–Crippen MR) is 115 cm³/mol. The summed E-state index contributed by atoms with van der Waals surface area (Å²) >= 11 is 0. The minimum atomic E-state index is 0.643. The van der Waals surface area contributed by atoms with Crippen molar-refractivity contribution in [3.05, 3.63) is 59.7 Å². The van der Waals surface area contributed by atoms with Gasteiger partial charge in [-0.3, -0.25) is 0 Å². The fraction of sp³-hybridized carbons (Fsp3) is 0.500. The van der Waals surface area contributed by atoms with E-state index >= 15 is 0 Å². The van der Waals surface area contributed by atoms with Gasteiger partial charge in [0.25, 0.3) is 0 Å². The average molecular weight is 383 g/mol. The van der Waals surface area contributed by atoms with Gasteiger partial charge in [-0.15, -0.1) is 0 Å². The number of methoxy groups -OCH3 is 2. The van der Waals surface area contributed by atoms with E-state index in [1.807, 2.05) is 6.07 Å². The van der Waals surface area contributed by atoms with Crippen molar-refractivity contribution >= 4 is 0 Å². The highest BCUT2D eigenvalue weighted by Crippen LogP contribution is 2.28. The quantitative estimate of drug-likeness (QED) is 0.657. The van der Waals surface area contributed by atoms with E-state index in [0.29, 0.717) is 6.04 Å². The van der Waals surface area contributed by atoms with Gasteiger partial charge in [-0.25, -0.2) is 0 Å². The molecule has 28 heavy (non-hydrogen) atoms. The number of benzene rings is 2. The van der Waals surface area contributed by atoms with Crippen molar-refractivity contribution in [2.75, 3.05) is 47.4 Å². The van der Waals surface area contributed by atoms with Gasteiger partial charge in [-0.1, -0.05) is 36.4 Å². The Kier molecular flexibility index (Phi) is 7.75. The highest BCUT2D eigenvalue weighted by molar-refractivity contribution is 5.42. The number of ether oxygens (including phenoxy) is 2. The lowest BCUT2D eigenvalue weighted by Crippen LogP contribution is -2.47. The molecule has 1 saturated heterocycles. The summed E-state index contributed by atoms with van der Waals surface area (Å²) in [4.78, 5) is 5.17. The summed E-state index contributed by atoms with van der Waals surface area (Å²) in [7, 11) is 5.64. The van der Waals surface area contributed by atoms with Crippen LogP contribution < -0.4 is 9.47 Å². The number of likely N-dealkylation sites (N-methyl/N-ethyl adjacent to an activating group) is 1. The van der Waals surface area contributed by atoms with Crippen LogP contribution in [-0.2, 0) is 12.8 Å². The number of hydrogen-bond acceptors (Lipinski definition) is 4. The summed E-state index contributed by atoms with van der Waals surface area (Å²) in [6, 6.07) is 17.7. The molecule has 0 saturated carbocycles. The molecule has 2 aromatic rings. The van der Waals surface area contributed by atoms with Crippen LogP contribution in [0.3, 0.4) is 0 Å². The number of piperidine rings is 1. The molecule has 1 fully saturated rings. The Labute approximate surface area is 170 Å². The highest BCUT2D eigenvalue weighted by Gasteiger charge is 2.22. The van der Waals surface area contributed by atoms with Crippen molar-refractivity contribution in [1.82, 2.24) is 9.80 Å². The molecule has 152 valence electrons. The first-order chi connectivity index (χ1) is 13.7. The van der Waals surface area contributed by atoms with Crippen LogP contribution in [-0.4, -0.2) is 63.3 Å². The van der Waals surface area contributed by atoms with Gasteiger partial charge in [0.2, 0.25) is 0 Å². The molecular formula is C24H34N2O2. The molecule has 1 aliphatic heterocycles. The smallest absolute Gasteiger partial charge is 0.160 e. The van der Waals surface area contributed by atoms with Gasteiger partial charge in [0.15, 0.2) is 11.5 Å². The zero-order valence-corrected chi connectivity index (χ0v) is 17.6. The van der Waals surface area contributed by atoms with E-state index in [0.717, 1.165) is 37.4 Å². The van der Waals surface area contributed by atoms with Gasteiger partial charge in [-0.05, 0) is 62.5 Å². The standard InChI is InChI=1S/C24H34N2O2/c1-25(16-13-21-11-12-23(27-2)24(18-21)28-3)22-10-7-15-26(19-22)17-14-20-8-5-4-6-9-20/h4-6,8-9,11-12,18,22H,7,10,13-17,19H2,1-3H3/t22-/m1/s1. The van der Waals surface area contributed by atoms with Gasteiger partial charge < -0.3 is 19.3 Å². The van der Waals surface area contributed by atoms with E-state index in [2.05, 4.69) is 59.3 Å². The number of hydrogen-bond donors (Lipinski definition) is 0. The van der Waals surface area contributed by atoms with E-state index in [4.69, 9.17) is 9.47 Å². The highest BCUT2D eigenvalue weighted by atomic mass is 16.5. The summed E-state index contributed by atoms with van der Waals surface area (Å²) in [5.74, 6) is 1.60. The average Bonchev–Trinajstić information content (AvgIpc) is 2.76. The maximum atomic E-state index is 5.43. The Morgan fingerprint density at radius 3 is 2.50 bits per heavy atom. The van der Waals surface area contributed by atoms with Crippen LogP contribution in [0.2, 0.25) is 0 Å². The molecule has 2 aromatic carbocycles. The van der Waals surface area contributed by atoms with Gasteiger partial charge >= 0.3 is 0 Å². The third kappa shape index (κ3) is 5.73. The van der Waals surface area contributed by atoms with Crippen LogP contribution in [0.4, 0.5) is 0 Å². The van der Waals surface area contributed by atoms with E-state index in [9.17, 15) is 0 Å². The normalized spacial score (nSPS) is 17.6. The van der Waals surface area contributed by atoms with E-state index in [1.54, 1.807) is 14.2 Å². The van der Waals surface area contributed by atoms with Crippen molar-refractivity contribution in [2.45, 2.75) is 31.7 Å².